The second-order valence-electron chi connectivity index (χ2n) is 2.01. The molecule has 0 fully saturated rings. The van der Waals surface area contributed by atoms with E-state index in [2.05, 4.69) is 5.32 Å². The first kappa shape index (κ1) is 14.2. The normalized spacial score (nSPS) is 11.1. The number of rotatable bonds is 4. The largest absolute Gasteiger partial charge is 1.00 e. The van der Waals surface area contributed by atoms with Crippen LogP contribution in [0.15, 0.2) is 0 Å². The molecule has 0 saturated carbocycles. The Balaban J connectivity index is 0. The van der Waals surface area contributed by atoms with Crippen molar-refractivity contribution in [2.45, 2.75) is 12.5 Å². The topological polar surface area (TPSA) is 121 Å². The van der Waals surface area contributed by atoms with Gasteiger partial charge >= 0.3 is 35.6 Å². The average Bonchev–Trinajstić information content (AvgIpc) is 1.86. The third-order valence-corrected chi connectivity index (χ3v) is 1.06. The van der Waals surface area contributed by atoms with E-state index in [1.165, 1.54) is 0 Å². The van der Waals surface area contributed by atoms with Crippen molar-refractivity contribution < 1.29 is 44.3 Å². The Morgan fingerprint density at radius 2 is 2.00 bits per heavy atom. The van der Waals surface area contributed by atoms with Crippen LogP contribution in [0.5, 0.6) is 0 Å². The molecule has 0 aliphatic rings. The van der Waals surface area contributed by atoms with E-state index in [1.54, 1.807) is 0 Å². The summed E-state index contributed by atoms with van der Waals surface area (Å²) < 4.78 is 0. The van der Waals surface area contributed by atoms with Crippen LogP contribution in [0.2, 0.25) is 0 Å². The number of aliphatic carboxylic acids is 1. The van der Waals surface area contributed by atoms with Crippen LogP contribution in [-0.4, -0.2) is 24.6 Å². The maximum atomic E-state index is 10.1. The first-order valence-electron chi connectivity index (χ1n) is 3.03. The maximum absolute atomic E-state index is 10.1. The van der Waals surface area contributed by atoms with Gasteiger partial charge in [0.05, 0.1) is 5.97 Å². The molecule has 0 aliphatic heterocycles. The van der Waals surface area contributed by atoms with E-state index in [4.69, 9.17) is 11.5 Å². The van der Waals surface area contributed by atoms with E-state index in [0.29, 0.717) is 0 Å². The smallest absolute Gasteiger partial charge is 0.548 e. The predicted octanol–water partition coefficient (Wildman–Crippen LogP) is -5.87. The van der Waals surface area contributed by atoms with Gasteiger partial charge in [0.25, 0.3) is 0 Å². The Morgan fingerprint density at radius 3 is 2.33 bits per heavy atom. The summed E-state index contributed by atoms with van der Waals surface area (Å²) in [5.74, 6) is -1.34. The minimum Gasteiger partial charge on any atom is -0.548 e. The Bertz CT molecular complexity index is 164. The van der Waals surface area contributed by atoms with Crippen LogP contribution < -0.4 is 51.4 Å². The molecule has 6 nitrogen and oxygen atoms in total. The van der Waals surface area contributed by atoms with Crippen LogP contribution in [0.25, 0.3) is 0 Å². The molecule has 0 aromatic carbocycles. The minimum atomic E-state index is -1.34. The molecule has 7 heteroatoms. The molecule has 0 aromatic heterocycles. The number of hydrogen-bond acceptors (Lipinski definition) is 4. The van der Waals surface area contributed by atoms with Gasteiger partial charge in [0.1, 0.15) is 0 Å². The summed E-state index contributed by atoms with van der Waals surface area (Å²) in [6.45, 7) is 0.143. The molecule has 0 aromatic rings. The SMILES string of the molecule is NC(=O)NCC[C@@H](N)C(=O)[O-].[Na+]. The number of primary amides is 1. The number of nitrogens with one attached hydrogen (secondary N) is 1. The number of carbonyl (C=O) groups excluding carboxylic acids is 2. The van der Waals surface area contributed by atoms with Gasteiger partial charge in [0.2, 0.25) is 0 Å². The summed E-state index contributed by atoms with van der Waals surface area (Å²) in [6, 6.07) is -1.75. The number of carboxylic acid groups (broad SMARTS) is 1. The molecular weight excluding hydrogens is 173 g/mol. The summed E-state index contributed by atoms with van der Waals surface area (Å²) in [5, 5.41) is 12.2. The van der Waals surface area contributed by atoms with E-state index in [9.17, 15) is 14.7 Å². The van der Waals surface area contributed by atoms with E-state index in [0.717, 1.165) is 0 Å². The Labute approximate surface area is 92.0 Å². The molecule has 0 unspecified atom stereocenters. The molecule has 0 radical (unpaired) electrons. The van der Waals surface area contributed by atoms with Crippen molar-refractivity contribution in [1.29, 1.82) is 0 Å². The fourth-order valence-corrected chi connectivity index (χ4v) is 0.469. The van der Waals surface area contributed by atoms with Gasteiger partial charge in [-0.15, -0.1) is 0 Å². The number of carbonyl (C=O) groups is 2. The monoisotopic (exact) mass is 183 g/mol. The van der Waals surface area contributed by atoms with Crippen molar-refractivity contribution in [1.82, 2.24) is 5.32 Å². The standard InChI is InChI=1S/C5H11N3O3.Na/c6-3(4(9)10)1-2-8-5(7)11;/h3H,1-2,6H2,(H,9,10)(H3,7,8,11);/q;+1/p-1/t3-;/m1./s1. The molecule has 64 valence electrons. The van der Waals surface area contributed by atoms with E-state index in [1.807, 2.05) is 0 Å². The number of nitrogens with two attached hydrogens (primary N) is 2. The van der Waals surface area contributed by atoms with Gasteiger partial charge in [0.15, 0.2) is 0 Å². The van der Waals surface area contributed by atoms with Crippen molar-refractivity contribution in [3.63, 3.8) is 0 Å². The number of amides is 2. The van der Waals surface area contributed by atoms with Gasteiger partial charge in [-0.25, -0.2) is 4.79 Å². The van der Waals surface area contributed by atoms with Crippen LogP contribution in [-0.2, 0) is 4.79 Å². The average molecular weight is 183 g/mol. The summed E-state index contributed by atoms with van der Waals surface area (Å²) >= 11 is 0. The Morgan fingerprint density at radius 1 is 1.50 bits per heavy atom. The molecular formula is C5H10N3NaO3. The van der Waals surface area contributed by atoms with Crippen LogP contribution in [0, 0.1) is 0 Å². The molecule has 0 heterocycles. The van der Waals surface area contributed by atoms with Gasteiger partial charge in [-0.3, -0.25) is 0 Å². The summed E-state index contributed by atoms with van der Waals surface area (Å²) in [4.78, 5) is 20.1. The first-order chi connectivity index (χ1) is 5.04. The number of carboxylic acids is 1. The molecule has 12 heavy (non-hydrogen) atoms. The van der Waals surface area contributed by atoms with Crippen molar-refractivity contribution >= 4 is 12.0 Å². The van der Waals surface area contributed by atoms with E-state index >= 15 is 0 Å². The zero-order valence-corrected chi connectivity index (χ0v) is 8.87. The maximum Gasteiger partial charge on any atom is 1.00 e. The van der Waals surface area contributed by atoms with E-state index in [-0.39, 0.29) is 42.5 Å². The van der Waals surface area contributed by atoms with E-state index < -0.39 is 18.0 Å². The molecule has 0 saturated heterocycles. The second kappa shape index (κ2) is 7.35. The van der Waals surface area contributed by atoms with Crippen molar-refractivity contribution in [3.8, 4) is 0 Å². The third kappa shape index (κ3) is 7.80. The minimum absolute atomic E-state index is 0. The quantitative estimate of drug-likeness (QED) is 0.376. The number of urea groups is 1. The molecule has 0 bridgehead atoms. The van der Waals surface area contributed by atoms with Crippen LogP contribution >= 0.6 is 0 Å². The van der Waals surface area contributed by atoms with Gasteiger partial charge in [-0.1, -0.05) is 0 Å². The van der Waals surface area contributed by atoms with Gasteiger partial charge in [0, 0.05) is 12.6 Å². The van der Waals surface area contributed by atoms with Crippen LogP contribution in [0.1, 0.15) is 6.42 Å². The van der Waals surface area contributed by atoms with Crippen molar-refractivity contribution in [2.24, 2.45) is 11.5 Å². The first-order valence-corrected chi connectivity index (χ1v) is 3.03. The molecule has 2 amide bonds. The van der Waals surface area contributed by atoms with Crippen LogP contribution in [0.4, 0.5) is 4.79 Å². The molecule has 5 N–H and O–H groups in total. The molecule has 0 spiro atoms. The Kier molecular flexibility index (Phi) is 8.73. The summed E-state index contributed by atoms with van der Waals surface area (Å²) in [5.41, 5.74) is 9.75. The predicted molar refractivity (Wildman–Crippen MR) is 35.2 cm³/mol. The summed E-state index contributed by atoms with van der Waals surface area (Å²) in [6.07, 6.45) is 0.116. The Hall–Kier alpha value is -0.300. The third-order valence-electron chi connectivity index (χ3n) is 1.06. The van der Waals surface area contributed by atoms with Crippen molar-refractivity contribution in [2.75, 3.05) is 6.54 Å². The van der Waals surface area contributed by atoms with Gasteiger partial charge < -0.3 is 26.7 Å². The second-order valence-corrected chi connectivity index (χ2v) is 2.01. The zero-order valence-electron chi connectivity index (χ0n) is 6.87. The molecule has 0 aliphatic carbocycles. The van der Waals surface area contributed by atoms with Gasteiger partial charge in [-0.2, -0.15) is 0 Å². The van der Waals surface area contributed by atoms with Crippen molar-refractivity contribution in [3.05, 3.63) is 0 Å². The van der Waals surface area contributed by atoms with Crippen LogP contribution in [0.3, 0.4) is 0 Å². The number of hydrogen-bond donors (Lipinski definition) is 3. The summed E-state index contributed by atoms with van der Waals surface area (Å²) in [7, 11) is 0. The zero-order chi connectivity index (χ0) is 8.85. The fourth-order valence-electron chi connectivity index (χ4n) is 0.469. The van der Waals surface area contributed by atoms with Gasteiger partial charge in [-0.05, 0) is 6.42 Å². The molecule has 1 atom stereocenters. The molecule has 0 rings (SSSR count). The fraction of sp³-hybridized carbons (Fsp3) is 0.600.